The van der Waals surface area contributed by atoms with Crippen LogP contribution in [-0.4, -0.2) is 36.8 Å². The lowest BCUT2D eigenvalue weighted by Crippen LogP contribution is -2.45. The van der Waals surface area contributed by atoms with Gasteiger partial charge in [0.1, 0.15) is 0 Å². The molecular weight excluding hydrogens is 234 g/mol. The fraction of sp³-hybridized carbons (Fsp3) is 0.750. The van der Waals surface area contributed by atoms with Crippen LogP contribution in [0.2, 0.25) is 0 Å². The molecule has 2 rings (SSSR count). The Kier molecular flexibility index (Phi) is 4.36. The second-order valence-corrected chi connectivity index (χ2v) is 5.40. The molecule has 1 N–H and O–H groups in total. The molecule has 96 valence electrons. The van der Waals surface area contributed by atoms with Crippen LogP contribution in [0.25, 0.3) is 0 Å². The summed E-state index contributed by atoms with van der Waals surface area (Å²) in [5.74, 6) is 0. The van der Waals surface area contributed by atoms with Crippen molar-refractivity contribution >= 4 is 16.5 Å². The van der Waals surface area contributed by atoms with Crippen molar-refractivity contribution in [1.82, 2.24) is 10.3 Å². The maximum Gasteiger partial charge on any atom is 0.185 e. The van der Waals surface area contributed by atoms with Gasteiger partial charge in [0.15, 0.2) is 5.13 Å². The van der Waals surface area contributed by atoms with Crippen LogP contribution in [0.5, 0.6) is 0 Å². The summed E-state index contributed by atoms with van der Waals surface area (Å²) < 4.78 is 5.73. The highest BCUT2D eigenvalue weighted by Crippen LogP contribution is 2.24. The molecule has 0 spiro atoms. The third-order valence-electron chi connectivity index (χ3n) is 2.79. The van der Waals surface area contributed by atoms with Gasteiger partial charge in [-0.3, -0.25) is 0 Å². The Labute approximate surface area is 107 Å². The summed E-state index contributed by atoms with van der Waals surface area (Å²) in [5.41, 5.74) is 1.14. The zero-order valence-electron chi connectivity index (χ0n) is 10.8. The highest BCUT2D eigenvalue weighted by atomic mass is 32.1. The highest BCUT2D eigenvalue weighted by Gasteiger charge is 2.24. The van der Waals surface area contributed by atoms with Crippen LogP contribution in [0.4, 0.5) is 5.13 Å². The molecule has 17 heavy (non-hydrogen) atoms. The number of hydrogen-bond acceptors (Lipinski definition) is 5. The van der Waals surface area contributed by atoms with Gasteiger partial charge < -0.3 is 15.0 Å². The molecule has 1 fully saturated rings. The van der Waals surface area contributed by atoms with E-state index < -0.39 is 0 Å². The van der Waals surface area contributed by atoms with E-state index in [9.17, 15) is 0 Å². The molecule has 2 unspecified atom stereocenters. The molecule has 0 aromatic carbocycles. The third-order valence-corrected chi connectivity index (χ3v) is 3.74. The van der Waals surface area contributed by atoms with Gasteiger partial charge in [-0.15, -0.1) is 11.3 Å². The van der Waals surface area contributed by atoms with E-state index in [1.54, 1.807) is 11.3 Å². The second kappa shape index (κ2) is 5.80. The van der Waals surface area contributed by atoms with Crippen molar-refractivity contribution in [3.05, 3.63) is 11.1 Å². The summed E-state index contributed by atoms with van der Waals surface area (Å²) in [4.78, 5) is 7.00. The van der Waals surface area contributed by atoms with Crippen LogP contribution >= 0.6 is 11.3 Å². The van der Waals surface area contributed by atoms with Crippen LogP contribution in [0.3, 0.4) is 0 Å². The topological polar surface area (TPSA) is 37.4 Å². The predicted molar refractivity (Wildman–Crippen MR) is 71.7 cm³/mol. The zero-order chi connectivity index (χ0) is 12.3. The van der Waals surface area contributed by atoms with Crippen molar-refractivity contribution in [1.29, 1.82) is 0 Å². The van der Waals surface area contributed by atoms with Crippen molar-refractivity contribution in [2.45, 2.75) is 39.5 Å². The minimum absolute atomic E-state index is 0.292. The molecule has 0 aliphatic carbocycles. The Morgan fingerprint density at radius 2 is 2.18 bits per heavy atom. The van der Waals surface area contributed by atoms with E-state index in [1.165, 1.54) is 0 Å². The molecule has 2 heterocycles. The number of nitrogens with one attached hydrogen (secondary N) is 1. The maximum atomic E-state index is 5.73. The fourth-order valence-corrected chi connectivity index (χ4v) is 2.96. The fourth-order valence-electron chi connectivity index (χ4n) is 2.11. The average molecular weight is 255 g/mol. The Hall–Kier alpha value is -0.650. The van der Waals surface area contributed by atoms with Crippen LogP contribution in [-0.2, 0) is 11.3 Å². The van der Waals surface area contributed by atoms with E-state index in [-0.39, 0.29) is 0 Å². The van der Waals surface area contributed by atoms with E-state index in [2.05, 4.69) is 41.4 Å². The molecule has 0 amide bonds. The summed E-state index contributed by atoms with van der Waals surface area (Å²) in [7, 11) is 0. The summed E-state index contributed by atoms with van der Waals surface area (Å²) in [6.45, 7) is 10.1. The number of hydrogen-bond donors (Lipinski definition) is 1. The minimum Gasteiger partial charge on any atom is -0.372 e. The van der Waals surface area contributed by atoms with Gasteiger partial charge in [-0.25, -0.2) is 4.98 Å². The molecule has 1 aromatic heterocycles. The van der Waals surface area contributed by atoms with Crippen molar-refractivity contribution in [3.8, 4) is 0 Å². The van der Waals surface area contributed by atoms with Gasteiger partial charge in [-0.1, -0.05) is 6.92 Å². The Morgan fingerprint density at radius 3 is 2.82 bits per heavy atom. The second-order valence-electron chi connectivity index (χ2n) is 4.56. The van der Waals surface area contributed by atoms with Crippen LogP contribution in [0, 0.1) is 0 Å². The largest absolute Gasteiger partial charge is 0.372 e. The first-order valence-corrected chi connectivity index (χ1v) is 7.12. The number of ether oxygens (including phenoxy) is 1. The van der Waals surface area contributed by atoms with Crippen LogP contribution < -0.4 is 10.2 Å². The van der Waals surface area contributed by atoms with Crippen molar-refractivity contribution in [3.63, 3.8) is 0 Å². The summed E-state index contributed by atoms with van der Waals surface area (Å²) >= 11 is 1.73. The lowest BCUT2D eigenvalue weighted by molar-refractivity contribution is -0.00523. The predicted octanol–water partition coefficient (Wildman–Crippen LogP) is 1.87. The maximum absolute atomic E-state index is 5.73. The molecule has 2 atom stereocenters. The van der Waals surface area contributed by atoms with E-state index >= 15 is 0 Å². The van der Waals surface area contributed by atoms with Gasteiger partial charge in [0.05, 0.1) is 17.9 Å². The SMILES string of the molecule is CCNCc1csc(N2CC(C)OC(C)C2)n1. The number of aromatic nitrogens is 1. The molecule has 0 bridgehead atoms. The lowest BCUT2D eigenvalue weighted by Gasteiger charge is -2.35. The number of thiazole rings is 1. The van der Waals surface area contributed by atoms with Gasteiger partial charge in [0.25, 0.3) is 0 Å². The Bertz CT molecular complexity index is 345. The first-order chi connectivity index (χ1) is 8.19. The third kappa shape index (κ3) is 3.40. The Morgan fingerprint density at radius 1 is 1.47 bits per heavy atom. The van der Waals surface area contributed by atoms with Gasteiger partial charge in [0.2, 0.25) is 0 Å². The van der Waals surface area contributed by atoms with Gasteiger partial charge >= 0.3 is 0 Å². The summed E-state index contributed by atoms with van der Waals surface area (Å²) in [5, 5.41) is 6.57. The molecule has 0 radical (unpaired) electrons. The van der Waals surface area contributed by atoms with Crippen molar-refractivity contribution in [2.75, 3.05) is 24.5 Å². The van der Waals surface area contributed by atoms with Gasteiger partial charge in [-0.05, 0) is 20.4 Å². The first kappa shape index (κ1) is 12.8. The molecular formula is C12H21N3OS. The first-order valence-electron chi connectivity index (χ1n) is 6.24. The smallest absolute Gasteiger partial charge is 0.185 e. The van der Waals surface area contributed by atoms with E-state index in [1.807, 2.05) is 0 Å². The molecule has 1 saturated heterocycles. The molecule has 1 aliphatic heterocycles. The van der Waals surface area contributed by atoms with E-state index in [4.69, 9.17) is 4.74 Å². The number of nitrogens with zero attached hydrogens (tertiary/aromatic N) is 2. The quantitative estimate of drug-likeness (QED) is 0.891. The van der Waals surface area contributed by atoms with E-state index in [0.29, 0.717) is 12.2 Å². The van der Waals surface area contributed by atoms with Gasteiger partial charge in [-0.2, -0.15) is 0 Å². The standard InChI is InChI=1S/C12H21N3OS/c1-4-13-5-11-8-17-12(14-11)15-6-9(2)16-10(3)7-15/h8-10,13H,4-7H2,1-3H3. The highest BCUT2D eigenvalue weighted by molar-refractivity contribution is 7.13. The van der Waals surface area contributed by atoms with Crippen LogP contribution in [0.15, 0.2) is 5.38 Å². The number of anilines is 1. The molecule has 4 nitrogen and oxygen atoms in total. The molecule has 0 saturated carbocycles. The number of rotatable bonds is 4. The Balaban J connectivity index is 1.98. The minimum atomic E-state index is 0.292. The molecule has 5 heteroatoms. The van der Waals surface area contributed by atoms with Gasteiger partial charge in [0, 0.05) is 25.0 Å². The average Bonchev–Trinajstić information content (AvgIpc) is 2.73. The lowest BCUT2D eigenvalue weighted by atomic mass is 10.2. The molecule has 1 aromatic rings. The van der Waals surface area contributed by atoms with Crippen molar-refractivity contribution in [2.24, 2.45) is 0 Å². The van der Waals surface area contributed by atoms with Crippen molar-refractivity contribution < 1.29 is 4.74 Å². The number of morpholine rings is 1. The van der Waals surface area contributed by atoms with E-state index in [0.717, 1.165) is 37.0 Å². The molecule has 1 aliphatic rings. The summed E-state index contributed by atoms with van der Waals surface area (Å²) in [6.07, 6.45) is 0.583. The van der Waals surface area contributed by atoms with Crippen LogP contribution in [0.1, 0.15) is 26.5 Å². The summed E-state index contributed by atoms with van der Waals surface area (Å²) in [6, 6.07) is 0. The monoisotopic (exact) mass is 255 g/mol. The normalized spacial score (nSPS) is 25.2. The zero-order valence-corrected chi connectivity index (χ0v) is 11.6.